The molecule has 0 aliphatic heterocycles. The summed E-state index contributed by atoms with van der Waals surface area (Å²) < 4.78 is 2.46. The third-order valence-corrected chi connectivity index (χ3v) is 6.05. The summed E-state index contributed by atoms with van der Waals surface area (Å²) in [4.78, 5) is 0. The highest BCUT2D eigenvalue weighted by Gasteiger charge is 2.23. The van der Waals surface area contributed by atoms with Crippen LogP contribution >= 0.6 is 0 Å². The molecule has 2 aromatic carbocycles. The number of para-hydroxylation sites is 1. The molecule has 0 saturated carbocycles. The van der Waals surface area contributed by atoms with Gasteiger partial charge in [0.15, 0.2) is 0 Å². The first-order valence-electron chi connectivity index (χ1n) is 9.97. The van der Waals surface area contributed by atoms with Gasteiger partial charge in [-0.05, 0) is 55.0 Å². The zero-order valence-corrected chi connectivity index (χ0v) is 16.0. The lowest BCUT2D eigenvalue weighted by molar-refractivity contribution is 0.773. The Kier molecular flexibility index (Phi) is 3.89. The molecule has 0 amide bonds. The van der Waals surface area contributed by atoms with Gasteiger partial charge in [0.25, 0.3) is 0 Å². The fourth-order valence-corrected chi connectivity index (χ4v) is 4.58. The second-order valence-corrected chi connectivity index (χ2v) is 7.93. The van der Waals surface area contributed by atoms with Gasteiger partial charge in [0.05, 0.1) is 5.52 Å². The van der Waals surface area contributed by atoms with Gasteiger partial charge in [-0.15, -0.1) is 0 Å². The van der Waals surface area contributed by atoms with Crippen LogP contribution in [0.15, 0.2) is 72.8 Å². The molecule has 27 heavy (non-hydrogen) atoms. The molecule has 2 aliphatic rings. The molecule has 0 radical (unpaired) electrons. The highest BCUT2D eigenvalue weighted by Crippen LogP contribution is 2.40. The molecule has 0 spiro atoms. The Labute approximate surface area is 161 Å². The molecule has 3 aromatic rings. The first-order chi connectivity index (χ1) is 13.2. The summed E-state index contributed by atoms with van der Waals surface area (Å²) in [6.45, 7) is 4.49. The van der Waals surface area contributed by atoms with Crippen molar-refractivity contribution in [3.05, 3.63) is 95.2 Å². The van der Waals surface area contributed by atoms with Crippen molar-refractivity contribution in [2.24, 2.45) is 0 Å². The van der Waals surface area contributed by atoms with Gasteiger partial charge in [0.2, 0.25) is 0 Å². The van der Waals surface area contributed by atoms with Crippen LogP contribution in [0.3, 0.4) is 0 Å². The SMILES string of the molecule is Cc1ccc(C2C=CC(n3c4c(c5ccccc53)C(C)CC=C4)=CC2)cc1. The zero-order valence-electron chi connectivity index (χ0n) is 16.0. The Balaban J connectivity index is 1.57. The maximum absolute atomic E-state index is 2.46. The van der Waals surface area contributed by atoms with Gasteiger partial charge < -0.3 is 4.57 Å². The molecule has 0 N–H and O–H groups in total. The van der Waals surface area contributed by atoms with Gasteiger partial charge in [-0.25, -0.2) is 0 Å². The third kappa shape index (κ3) is 2.70. The fourth-order valence-electron chi connectivity index (χ4n) is 4.58. The molecule has 0 fully saturated rings. The van der Waals surface area contributed by atoms with Crippen LogP contribution in [0.1, 0.15) is 54.0 Å². The number of benzene rings is 2. The number of allylic oxidation sites excluding steroid dienone is 5. The van der Waals surface area contributed by atoms with Crippen LogP contribution in [-0.4, -0.2) is 4.57 Å². The standard InChI is InChI=1S/C26H25N/c1-18-10-12-20(13-11-18)21-14-16-22(17-15-21)27-24-8-4-3-7-23(24)26-19(2)6-5-9-25(26)27/h3-5,7-14,16-17,19,21H,6,15H2,1-2H3. The number of hydrogen-bond donors (Lipinski definition) is 0. The highest BCUT2D eigenvalue weighted by molar-refractivity contribution is 5.93. The number of aromatic nitrogens is 1. The van der Waals surface area contributed by atoms with Gasteiger partial charge in [-0.3, -0.25) is 0 Å². The minimum Gasteiger partial charge on any atom is -0.310 e. The Morgan fingerprint density at radius 1 is 0.926 bits per heavy atom. The topological polar surface area (TPSA) is 4.93 Å². The van der Waals surface area contributed by atoms with Crippen LogP contribution in [0, 0.1) is 6.92 Å². The quantitative estimate of drug-likeness (QED) is 0.466. The number of hydrogen-bond acceptors (Lipinski definition) is 0. The van der Waals surface area contributed by atoms with Crippen molar-refractivity contribution < 1.29 is 0 Å². The lowest BCUT2D eigenvalue weighted by Crippen LogP contribution is -2.06. The molecular formula is C26H25N. The molecular weight excluding hydrogens is 326 g/mol. The smallest absolute Gasteiger partial charge is 0.0537 e. The molecule has 1 heteroatoms. The van der Waals surface area contributed by atoms with Crippen LogP contribution in [0.4, 0.5) is 0 Å². The van der Waals surface area contributed by atoms with E-state index < -0.39 is 0 Å². The molecule has 5 rings (SSSR count). The lowest BCUT2D eigenvalue weighted by atomic mass is 9.90. The van der Waals surface area contributed by atoms with Crippen LogP contribution < -0.4 is 0 Å². The predicted octanol–water partition coefficient (Wildman–Crippen LogP) is 7.05. The van der Waals surface area contributed by atoms with Crippen molar-refractivity contribution in [1.29, 1.82) is 0 Å². The Hall–Kier alpha value is -2.80. The van der Waals surface area contributed by atoms with E-state index in [1.807, 2.05) is 0 Å². The minimum atomic E-state index is 0.474. The molecule has 1 aromatic heterocycles. The van der Waals surface area contributed by atoms with E-state index >= 15 is 0 Å². The van der Waals surface area contributed by atoms with Crippen molar-refractivity contribution in [3.63, 3.8) is 0 Å². The number of nitrogens with zero attached hydrogens (tertiary/aromatic N) is 1. The van der Waals surface area contributed by atoms with Gasteiger partial charge in [0.1, 0.15) is 0 Å². The van der Waals surface area contributed by atoms with E-state index in [1.165, 1.54) is 39.0 Å². The molecule has 134 valence electrons. The summed E-state index contributed by atoms with van der Waals surface area (Å²) in [5, 5.41) is 1.40. The normalized spacial score (nSPS) is 21.3. The van der Waals surface area contributed by atoms with Crippen LogP contribution in [0.2, 0.25) is 0 Å². The molecule has 2 aliphatic carbocycles. The maximum Gasteiger partial charge on any atom is 0.0537 e. The summed E-state index contributed by atoms with van der Waals surface area (Å²) in [6.07, 6.45) is 13.9. The molecule has 0 saturated heterocycles. The number of fused-ring (bicyclic) bond motifs is 3. The monoisotopic (exact) mass is 351 g/mol. The van der Waals surface area contributed by atoms with Crippen molar-refractivity contribution in [2.75, 3.05) is 0 Å². The van der Waals surface area contributed by atoms with Crippen LogP contribution in [0.5, 0.6) is 0 Å². The largest absolute Gasteiger partial charge is 0.310 e. The Morgan fingerprint density at radius 3 is 2.52 bits per heavy atom. The molecule has 2 unspecified atom stereocenters. The second kappa shape index (κ2) is 6.42. The predicted molar refractivity (Wildman–Crippen MR) is 116 cm³/mol. The van der Waals surface area contributed by atoms with Crippen molar-refractivity contribution in [3.8, 4) is 0 Å². The molecule has 2 atom stereocenters. The highest BCUT2D eigenvalue weighted by atomic mass is 15.0. The zero-order chi connectivity index (χ0) is 18.4. The first-order valence-corrected chi connectivity index (χ1v) is 9.97. The molecule has 0 bridgehead atoms. The van der Waals surface area contributed by atoms with Gasteiger partial charge in [0, 0.05) is 22.7 Å². The average molecular weight is 351 g/mol. The first kappa shape index (κ1) is 16.4. The fraction of sp³-hybridized carbons (Fsp3) is 0.231. The van der Waals surface area contributed by atoms with E-state index in [0.717, 1.165) is 12.8 Å². The summed E-state index contributed by atoms with van der Waals surface area (Å²) >= 11 is 0. The van der Waals surface area contributed by atoms with E-state index in [0.29, 0.717) is 11.8 Å². The summed E-state index contributed by atoms with van der Waals surface area (Å²) in [5.41, 5.74) is 8.21. The van der Waals surface area contributed by atoms with E-state index in [-0.39, 0.29) is 0 Å². The molecule has 1 nitrogen and oxygen atoms in total. The van der Waals surface area contributed by atoms with E-state index in [4.69, 9.17) is 0 Å². The maximum atomic E-state index is 2.46. The van der Waals surface area contributed by atoms with E-state index in [2.05, 4.69) is 97.3 Å². The summed E-state index contributed by atoms with van der Waals surface area (Å²) in [6, 6.07) is 17.8. The van der Waals surface area contributed by atoms with Crippen LogP contribution in [0.25, 0.3) is 22.7 Å². The summed E-state index contributed by atoms with van der Waals surface area (Å²) in [5.74, 6) is 1.05. The van der Waals surface area contributed by atoms with E-state index in [9.17, 15) is 0 Å². The van der Waals surface area contributed by atoms with Crippen molar-refractivity contribution in [2.45, 2.75) is 38.5 Å². The van der Waals surface area contributed by atoms with Gasteiger partial charge in [-0.1, -0.05) is 73.2 Å². The summed E-state index contributed by atoms with van der Waals surface area (Å²) in [7, 11) is 0. The minimum absolute atomic E-state index is 0.474. The Morgan fingerprint density at radius 2 is 1.74 bits per heavy atom. The number of rotatable bonds is 2. The van der Waals surface area contributed by atoms with Crippen LogP contribution in [-0.2, 0) is 0 Å². The Bertz CT molecular complexity index is 1090. The van der Waals surface area contributed by atoms with Gasteiger partial charge in [-0.2, -0.15) is 0 Å². The second-order valence-electron chi connectivity index (χ2n) is 7.93. The van der Waals surface area contributed by atoms with Gasteiger partial charge >= 0.3 is 0 Å². The molecule has 1 heterocycles. The average Bonchev–Trinajstić information content (AvgIpc) is 3.04. The number of aryl methyl sites for hydroxylation is 1. The van der Waals surface area contributed by atoms with E-state index in [1.54, 1.807) is 0 Å². The van der Waals surface area contributed by atoms with Crippen molar-refractivity contribution >= 4 is 22.7 Å². The lowest BCUT2D eigenvalue weighted by Gasteiger charge is -2.21. The third-order valence-electron chi connectivity index (χ3n) is 6.05. The van der Waals surface area contributed by atoms with Crippen molar-refractivity contribution in [1.82, 2.24) is 4.57 Å².